The van der Waals surface area contributed by atoms with Crippen LogP contribution in [0.15, 0.2) is 48.5 Å². The van der Waals surface area contributed by atoms with Gasteiger partial charge in [0.15, 0.2) is 0 Å². The minimum Gasteiger partial charge on any atom is -0.495 e. The van der Waals surface area contributed by atoms with Crippen LogP contribution in [0.2, 0.25) is 0 Å². The Bertz CT molecular complexity index is 1170. The van der Waals surface area contributed by atoms with Gasteiger partial charge in [-0.1, -0.05) is 42.0 Å². The topological polar surface area (TPSA) is 37.7 Å². The van der Waals surface area contributed by atoms with Crippen LogP contribution >= 0.6 is 0 Å². The molecule has 0 saturated carbocycles. The van der Waals surface area contributed by atoms with E-state index >= 15 is 0 Å². The number of carbonyl (C=O) groups is 1. The van der Waals surface area contributed by atoms with Crippen molar-refractivity contribution in [3.8, 4) is 5.75 Å². The maximum Gasteiger partial charge on any atom is 0.270 e. The first-order valence-electron chi connectivity index (χ1n) is 12.5. The molecule has 5 heteroatoms. The van der Waals surface area contributed by atoms with Gasteiger partial charge in [0.05, 0.1) is 12.8 Å². The van der Waals surface area contributed by atoms with Gasteiger partial charge in [-0.15, -0.1) is 0 Å². The van der Waals surface area contributed by atoms with E-state index in [-0.39, 0.29) is 5.91 Å². The molecule has 1 aliphatic heterocycles. The zero-order chi connectivity index (χ0) is 23.7. The summed E-state index contributed by atoms with van der Waals surface area (Å²) in [6, 6.07) is 16.9. The molecule has 1 amide bonds. The summed E-state index contributed by atoms with van der Waals surface area (Å²) < 4.78 is 7.90. The van der Waals surface area contributed by atoms with E-state index in [2.05, 4.69) is 53.6 Å². The van der Waals surface area contributed by atoms with E-state index in [1.165, 1.54) is 40.8 Å². The van der Waals surface area contributed by atoms with Crippen LogP contribution in [0.4, 0.5) is 5.69 Å². The van der Waals surface area contributed by atoms with Crippen molar-refractivity contribution >= 4 is 11.6 Å². The van der Waals surface area contributed by atoms with Crippen LogP contribution in [-0.4, -0.2) is 48.7 Å². The molecular formula is C29H35N3O2. The van der Waals surface area contributed by atoms with E-state index in [1.807, 2.05) is 23.1 Å². The van der Waals surface area contributed by atoms with Crippen molar-refractivity contribution in [3.05, 3.63) is 82.2 Å². The Labute approximate surface area is 202 Å². The van der Waals surface area contributed by atoms with Crippen molar-refractivity contribution in [3.63, 3.8) is 0 Å². The molecule has 34 heavy (non-hydrogen) atoms. The normalized spacial score (nSPS) is 15.9. The van der Waals surface area contributed by atoms with E-state index in [0.717, 1.165) is 62.7 Å². The molecule has 2 heterocycles. The first kappa shape index (κ1) is 22.6. The van der Waals surface area contributed by atoms with Crippen molar-refractivity contribution in [2.75, 3.05) is 38.2 Å². The Morgan fingerprint density at radius 2 is 1.62 bits per heavy atom. The number of para-hydroxylation sites is 2. The number of aryl methyl sites for hydroxylation is 1. The third-order valence-electron chi connectivity index (χ3n) is 7.50. The first-order valence-corrected chi connectivity index (χ1v) is 12.5. The van der Waals surface area contributed by atoms with Crippen LogP contribution in [0, 0.1) is 13.8 Å². The van der Waals surface area contributed by atoms with Gasteiger partial charge in [0.2, 0.25) is 0 Å². The smallest absolute Gasteiger partial charge is 0.270 e. The quantitative estimate of drug-likeness (QED) is 0.541. The number of benzene rings is 2. The second-order valence-electron chi connectivity index (χ2n) is 9.63. The third-order valence-corrected chi connectivity index (χ3v) is 7.50. The molecule has 5 rings (SSSR count). The van der Waals surface area contributed by atoms with Gasteiger partial charge in [-0.25, -0.2) is 0 Å². The molecule has 1 aromatic heterocycles. The van der Waals surface area contributed by atoms with Crippen molar-refractivity contribution < 1.29 is 9.53 Å². The highest BCUT2D eigenvalue weighted by Crippen LogP contribution is 2.32. The number of nitrogens with zero attached hydrogens (tertiary/aromatic N) is 3. The third kappa shape index (κ3) is 4.20. The van der Waals surface area contributed by atoms with Crippen molar-refractivity contribution in [1.82, 2.24) is 9.47 Å². The average Bonchev–Trinajstić information content (AvgIpc) is 3.16. The molecule has 1 fully saturated rings. The first-order chi connectivity index (χ1) is 16.6. The summed E-state index contributed by atoms with van der Waals surface area (Å²) >= 11 is 0. The van der Waals surface area contributed by atoms with Crippen LogP contribution in [-0.2, 0) is 19.4 Å². The highest BCUT2D eigenvalue weighted by atomic mass is 16.5. The molecule has 0 radical (unpaired) electrons. The molecule has 1 aliphatic carbocycles. The van der Waals surface area contributed by atoms with Crippen molar-refractivity contribution in [2.45, 2.75) is 46.1 Å². The summed E-state index contributed by atoms with van der Waals surface area (Å²) in [6.45, 7) is 8.10. The number of carbonyl (C=O) groups excluding carboxylic acids is 1. The number of hydrogen-bond acceptors (Lipinski definition) is 3. The average molecular weight is 458 g/mol. The van der Waals surface area contributed by atoms with E-state index < -0.39 is 0 Å². The monoisotopic (exact) mass is 457 g/mol. The van der Waals surface area contributed by atoms with E-state index in [9.17, 15) is 4.79 Å². The predicted octanol–water partition coefficient (Wildman–Crippen LogP) is 5.00. The summed E-state index contributed by atoms with van der Waals surface area (Å²) in [5.74, 6) is 1.07. The van der Waals surface area contributed by atoms with E-state index in [4.69, 9.17) is 4.74 Å². The number of piperazine rings is 1. The maximum absolute atomic E-state index is 13.9. The van der Waals surface area contributed by atoms with Crippen molar-refractivity contribution in [1.29, 1.82) is 0 Å². The molecule has 5 nitrogen and oxygen atoms in total. The van der Waals surface area contributed by atoms with Crippen LogP contribution < -0.4 is 9.64 Å². The summed E-state index contributed by atoms with van der Waals surface area (Å²) in [6.07, 6.45) is 4.57. The number of ether oxygens (including phenoxy) is 1. The zero-order valence-corrected chi connectivity index (χ0v) is 20.6. The summed E-state index contributed by atoms with van der Waals surface area (Å²) in [5.41, 5.74) is 8.50. The van der Waals surface area contributed by atoms with Gasteiger partial charge in [-0.2, -0.15) is 0 Å². The Morgan fingerprint density at radius 1 is 0.912 bits per heavy atom. The van der Waals surface area contributed by atoms with Gasteiger partial charge in [0, 0.05) is 38.4 Å². The van der Waals surface area contributed by atoms with Gasteiger partial charge in [0.1, 0.15) is 11.4 Å². The number of methoxy groups -OCH3 is 1. The van der Waals surface area contributed by atoms with Gasteiger partial charge in [-0.05, 0) is 68.4 Å². The van der Waals surface area contributed by atoms with E-state index in [1.54, 1.807) is 7.11 Å². The van der Waals surface area contributed by atoms with Gasteiger partial charge < -0.3 is 19.1 Å². The van der Waals surface area contributed by atoms with E-state index in [0.29, 0.717) is 0 Å². The SMILES string of the molecule is COc1ccccc1N1CCN(C(=O)c2c(C)c3c(n2Cc2ccc(C)cc2)CCCC3)CC1. The summed E-state index contributed by atoms with van der Waals surface area (Å²) in [7, 11) is 1.71. The Kier molecular flexibility index (Phi) is 6.36. The molecule has 0 N–H and O–H groups in total. The van der Waals surface area contributed by atoms with Gasteiger partial charge in [0.25, 0.3) is 5.91 Å². The summed E-state index contributed by atoms with van der Waals surface area (Å²) in [5, 5.41) is 0. The Morgan fingerprint density at radius 3 is 2.35 bits per heavy atom. The lowest BCUT2D eigenvalue weighted by atomic mass is 9.95. The number of fused-ring (bicyclic) bond motifs is 1. The Balaban J connectivity index is 1.40. The predicted molar refractivity (Wildman–Crippen MR) is 137 cm³/mol. The molecule has 2 aliphatic rings. The lowest BCUT2D eigenvalue weighted by Gasteiger charge is -2.37. The summed E-state index contributed by atoms with van der Waals surface area (Å²) in [4.78, 5) is 18.3. The molecule has 1 saturated heterocycles. The molecule has 0 unspecified atom stereocenters. The lowest BCUT2D eigenvalue weighted by molar-refractivity contribution is 0.0735. The van der Waals surface area contributed by atoms with Crippen molar-refractivity contribution in [2.24, 2.45) is 0 Å². The lowest BCUT2D eigenvalue weighted by Crippen LogP contribution is -2.49. The van der Waals surface area contributed by atoms with Crippen LogP contribution in [0.25, 0.3) is 0 Å². The minimum atomic E-state index is 0.179. The number of amides is 1. The fourth-order valence-electron chi connectivity index (χ4n) is 5.59. The standard InChI is InChI=1S/C29H35N3O2/c1-21-12-14-23(15-13-21)20-32-25-9-5-4-8-24(25)22(2)28(32)29(33)31-18-16-30(17-19-31)26-10-6-7-11-27(26)34-3/h6-7,10-15H,4-5,8-9,16-20H2,1-3H3. The molecule has 178 valence electrons. The number of anilines is 1. The van der Waals surface area contributed by atoms with Crippen LogP contribution in [0.1, 0.15) is 51.3 Å². The zero-order valence-electron chi connectivity index (χ0n) is 20.6. The van der Waals surface area contributed by atoms with Crippen LogP contribution in [0.5, 0.6) is 5.75 Å². The maximum atomic E-state index is 13.9. The molecule has 2 aromatic carbocycles. The molecule has 0 atom stereocenters. The Hall–Kier alpha value is -3.21. The molecular weight excluding hydrogens is 422 g/mol. The van der Waals surface area contributed by atoms with Crippen LogP contribution in [0.3, 0.4) is 0 Å². The highest BCUT2D eigenvalue weighted by Gasteiger charge is 2.31. The fraction of sp³-hybridized carbons (Fsp3) is 0.414. The largest absolute Gasteiger partial charge is 0.495 e. The fourth-order valence-corrected chi connectivity index (χ4v) is 5.59. The molecule has 0 bridgehead atoms. The number of hydrogen-bond donors (Lipinski definition) is 0. The number of rotatable bonds is 5. The van der Waals surface area contributed by atoms with Gasteiger partial charge >= 0.3 is 0 Å². The molecule has 0 spiro atoms. The second-order valence-corrected chi connectivity index (χ2v) is 9.63. The molecule has 3 aromatic rings. The second kappa shape index (κ2) is 9.57. The van der Waals surface area contributed by atoms with Gasteiger partial charge in [-0.3, -0.25) is 4.79 Å². The highest BCUT2D eigenvalue weighted by molar-refractivity contribution is 5.95. The number of aromatic nitrogens is 1. The minimum absolute atomic E-state index is 0.179.